The van der Waals surface area contributed by atoms with Crippen molar-refractivity contribution < 1.29 is 4.74 Å². The van der Waals surface area contributed by atoms with E-state index in [2.05, 4.69) is 24.1 Å². The number of ether oxygens (including phenoxy) is 1. The summed E-state index contributed by atoms with van der Waals surface area (Å²) in [5.41, 5.74) is -0.161. The number of hydrogen-bond donors (Lipinski definition) is 1. The fraction of sp³-hybridized carbons (Fsp3) is 0.400. The van der Waals surface area contributed by atoms with E-state index in [9.17, 15) is 0 Å². The standard InChI is InChI=1S/C15H19ClN2O/c1-4-15(2,10-16)18-14-12-6-5-7-13(19-3)11(12)8-9-17-14/h5-9H,4,10H2,1-3H3,(H,17,18). The zero-order valence-electron chi connectivity index (χ0n) is 11.5. The molecule has 0 aliphatic rings. The first-order valence-electron chi connectivity index (χ1n) is 6.39. The monoisotopic (exact) mass is 278 g/mol. The van der Waals surface area contributed by atoms with Crippen LogP contribution in [-0.4, -0.2) is 23.5 Å². The van der Waals surface area contributed by atoms with Crippen LogP contribution in [-0.2, 0) is 0 Å². The lowest BCUT2D eigenvalue weighted by atomic mass is 10.0. The Balaban J connectivity index is 2.50. The van der Waals surface area contributed by atoms with Gasteiger partial charge in [-0.3, -0.25) is 0 Å². The molecule has 19 heavy (non-hydrogen) atoms. The van der Waals surface area contributed by atoms with E-state index < -0.39 is 0 Å². The number of benzene rings is 1. The van der Waals surface area contributed by atoms with E-state index in [-0.39, 0.29) is 5.54 Å². The number of nitrogens with zero attached hydrogens (tertiary/aromatic N) is 1. The Hall–Kier alpha value is -1.48. The lowest BCUT2D eigenvalue weighted by Crippen LogP contribution is -2.36. The van der Waals surface area contributed by atoms with E-state index in [0.29, 0.717) is 5.88 Å². The van der Waals surface area contributed by atoms with E-state index in [0.717, 1.165) is 28.8 Å². The molecular formula is C15H19ClN2O. The molecule has 1 N–H and O–H groups in total. The SMILES string of the molecule is CCC(C)(CCl)Nc1nccc2c(OC)cccc12. The highest BCUT2D eigenvalue weighted by molar-refractivity contribution is 6.18. The molecule has 0 saturated carbocycles. The smallest absolute Gasteiger partial charge is 0.134 e. The van der Waals surface area contributed by atoms with Gasteiger partial charge in [0.05, 0.1) is 7.11 Å². The number of rotatable bonds is 5. The van der Waals surface area contributed by atoms with Crippen molar-refractivity contribution in [2.45, 2.75) is 25.8 Å². The van der Waals surface area contributed by atoms with Gasteiger partial charge in [0.2, 0.25) is 0 Å². The van der Waals surface area contributed by atoms with Crippen LogP contribution in [0.3, 0.4) is 0 Å². The van der Waals surface area contributed by atoms with Crippen molar-refractivity contribution in [2.24, 2.45) is 0 Å². The highest BCUT2D eigenvalue weighted by atomic mass is 35.5. The Labute approximate surface area is 118 Å². The van der Waals surface area contributed by atoms with Crippen LogP contribution < -0.4 is 10.1 Å². The Morgan fingerprint density at radius 1 is 1.32 bits per heavy atom. The minimum atomic E-state index is -0.161. The fourth-order valence-corrected chi connectivity index (χ4v) is 2.21. The Morgan fingerprint density at radius 2 is 2.11 bits per heavy atom. The van der Waals surface area contributed by atoms with Crippen molar-refractivity contribution in [1.82, 2.24) is 4.98 Å². The molecule has 3 nitrogen and oxygen atoms in total. The number of anilines is 1. The van der Waals surface area contributed by atoms with Crippen LogP contribution in [0.2, 0.25) is 0 Å². The van der Waals surface area contributed by atoms with Gasteiger partial charge in [-0.1, -0.05) is 19.1 Å². The molecule has 0 saturated heterocycles. The van der Waals surface area contributed by atoms with Crippen LogP contribution >= 0.6 is 11.6 Å². The first-order chi connectivity index (χ1) is 9.13. The summed E-state index contributed by atoms with van der Waals surface area (Å²) in [7, 11) is 1.68. The molecule has 0 fully saturated rings. The molecule has 0 bridgehead atoms. The van der Waals surface area contributed by atoms with Crippen LogP contribution in [0.5, 0.6) is 5.75 Å². The number of fused-ring (bicyclic) bond motifs is 1. The predicted octanol–water partition coefficient (Wildman–Crippen LogP) is 4.06. The maximum absolute atomic E-state index is 6.05. The van der Waals surface area contributed by atoms with Gasteiger partial charge in [0.15, 0.2) is 0 Å². The van der Waals surface area contributed by atoms with Gasteiger partial charge in [-0.25, -0.2) is 4.98 Å². The van der Waals surface area contributed by atoms with Crippen molar-refractivity contribution in [1.29, 1.82) is 0 Å². The average Bonchev–Trinajstić information content (AvgIpc) is 2.47. The summed E-state index contributed by atoms with van der Waals surface area (Å²) in [6.07, 6.45) is 2.72. The van der Waals surface area contributed by atoms with Gasteiger partial charge in [0.1, 0.15) is 11.6 Å². The highest BCUT2D eigenvalue weighted by Gasteiger charge is 2.22. The summed E-state index contributed by atoms with van der Waals surface area (Å²) >= 11 is 6.05. The second-order valence-corrected chi connectivity index (χ2v) is 5.16. The molecule has 0 radical (unpaired) electrons. The van der Waals surface area contributed by atoms with E-state index in [1.807, 2.05) is 24.3 Å². The van der Waals surface area contributed by atoms with Crippen LogP contribution in [0.4, 0.5) is 5.82 Å². The van der Waals surface area contributed by atoms with Gasteiger partial charge in [-0.05, 0) is 25.5 Å². The quantitative estimate of drug-likeness (QED) is 0.838. The molecule has 4 heteroatoms. The summed E-state index contributed by atoms with van der Waals surface area (Å²) in [5, 5.41) is 5.55. The summed E-state index contributed by atoms with van der Waals surface area (Å²) in [4.78, 5) is 4.44. The molecule has 1 unspecified atom stereocenters. The number of halogens is 1. The lowest BCUT2D eigenvalue weighted by Gasteiger charge is -2.28. The third-order valence-electron chi connectivity index (χ3n) is 3.48. The molecule has 0 aliphatic carbocycles. The lowest BCUT2D eigenvalue weighted by molar-refractivity contribution is 0.420. The number of hydrogen-bond acceptors (Lipinski definition) is 3. The van der Waals surface area contributed by atoms with E-state index in [1.165, 1.54) is 0 Å². The van der Waals surface area contributed by atoms with Crippen molar-refractivity contribution in [3.8, 4) is 5.75 Å². The third-order valence-corrected chi connectivity index (χ3v) is 4.07. The average molecular weight is 279 g/mol. The second-order valence-electron chi connectivity index (χ2n) is 4.89. The van der Waals surface area contributed by atoms with Crippen LogP contribution in [0, 0.1) is 0 Å². The third kappa shape index (κ3) is 2.76. The number of methoxy groups -OCH3 is 1. The highest BCUT2D eigenvalue weighted by Crippen LogP contribution is 2.31. The maximum atomic E-state index is 6.05. The zero-order valence-corrected chi connectivity index (χ0v) is 12.3. The normalized spacial score (nSPS) is 14.1. The van der Waals surface area contributed by atoms with Crippen LogP contribution in [0.25, 0.3) is 10.8 Å². The molecule has 0 amide bonds. The molecule has 1 aromatic carbocycles. The second kappa shape index (κ2) is 5.66. The molecule has 0 spiro atoms. The molecule has 102 valence electrons. The minimum absolute atomic E-state index is 0.161. The van der Waals surface area contributed by atoms with Crippen molar-refractivity contribution in [3.05, 3.63) is 30.5 Å². The molecule has 0 aliphatic heterocycles. The summed E-state index contributed by atoms with van der Waals surface area (Å²) < 4.78 is 5.38. The van der Waals surface area contributed by atoms with Crippen molar-refractivity contribution in [3.63, 3.8) is 0 Å². The molecule has 2 aromatic rings. The Bertz CT molecular complexity index is 567. The number of nitrogens with one attached hydrogen (secondary N) is 1. The van der Waals surface area contributed by atoms with E-state index in [4.69, 9.17) is 16.3 Å². The predicted molar refractivity (Wildman–Crippen MR) is 81.3 cm³/mol. The molecule has 1 heterocycles. The van der Waals surface area contributed by atoms with Crippen LogP contribution in [0.15, 0.2) is 30.5 Å². The van der Waals surface area contributed by atoms with Crippen molar-refractivity contribution >= 4 is 28.2 Å². The molecule has 1 atom stereocenters. The Kier molecular flexibility index (Phi) is 4.15. The van der Waals surface area contributed by atoms with Crippen molar-refractivity contribution in [2.75, 3.05) is 18.3 Å². The first kappa shape index (κ1) is 13.9. The largest absolute Gasteiger partial charge is 0.496 e. The van der Waals surface area contributed by atoms with Gasteiger partial charge < -0.3 is 10.1 Å². The number of alkyl halides is 1. The van der Waals surface area contributed by atoms with Crippen LogP contribution in [0.1, 0.15) is 20.3 Å². The maximum Gasteiger partial charge on any atom is 0.134 e. The van der Waals surface area contributed by atoms with E-state index >= 15 is 0 Å². The summed E-state index contributed by atoms with van der Waals surface area (Å²) in [6.45, 7) is 4.21. The molecular weight excluding hydrogens is 260 g/mol. The van der Waals surface area contributed by atoms with Gasteiger partial charge in [-0.2, -0.15) is 0 Å². The fourth-order valence-electron chi connectivity index (χ4n) is 1.96. The minimum Gasteiger partial charge on any atom is -0.496 e. The first-order valence-corrected chi connectivity index (χ1v) is 6.93. The molecule has 1 aromatic heterocycles. The summed E-state index contributed by atoms with van der Waals surface area (Å²) in [6, 6.07) is 7.92. The topological polar surface area (TPSA) is 34.2 Å². The summed E-state index contributed by atoms with van der Waals surface area (Å²) in [5.74, 6) is 2.24. The van der Waals surface area contributed by atoms with Gasteiger partial charge in [0, 0.05) is 28.4 Å². The molecule has 2 rings (SSSR count). The van der Waals surface area contributed by atoms with E-state index in [1.54, 1.807) is 13.3 Å². The van der Waals surface area contributed by atoms with Gasteiger partial charge in [0.25, 0.3) is 0 Å². The number of aromatic nitrogens is 1. The zero-order chi connectivity index (χ0) is 13.9. The van der Waals surface area contributed by atoms with Gasteiger partial charge >= 0.3 is 0 Å². The number of pyridine rings is 1. The van der Waals surface area contributed by atoms with Gasteiger partial charge in [-0.15, -0.1) is 11.6 Å². The Morgan fingerprint density at radius 3 is 2.74 bits per heavy atom.